The molecule has 0 saturated heterocycles. The molecule has 11 heavy (non-hydrogen) atoms. The first-order chi connectivity index (χ1) is 5.27. The molecule has 56 valence electrons. The van der Waals surface area contributed by atoms with E-state index in [1.165, 1.54) is 6.20 Å². The van der Waals surface area contributed by atoms with Crippen LogP contribution >= 0.6 is 0 Å². The third-order valence-electron chi connectivity index (χ3n) is 1.47. The lowest BCUT2D eigenvalue weighted by Crippen LogP contribution is -1.93. The van der Waals surface area contributed by atoms with Crippen LogP contribution in [0.3, 0.4) is 0 Å². The first kappa shape index (κ1) is 7.70. The number of aliphatic hydroxyl groups excluding tert-OH is 1. The van der Waals surface area contributed by atoms with Crippen LogP contribution in [0.5, 0.6) is 0 Å². The molecule has 0 unspecified atom stereocenters. The third kappa shape index (κ3) is 1.54. The van der Waals surface area contributed by atoms with Gasteiger partial charge in [0.1, 0.15) is 6.07 Å². The van der Waals surface area contributed by atoms with Gasteiger partial charge in [0.2, 0.25) is 0 Å². The van der Waals surface area contributed by atoms with Crippen molar-refractivity contribution in [3.8, 4) is 6.07 Å². The van der Waals surface area contributed by atoms with E-state index in [1.807, 2.05) is 13.0 Å². The molecule has 1 aromatic heterocycles. The van der Waals surface area contributed by atoms with Crippen LogP contribution in [0, 0.1) is 18.3 Å². The highest BCUT2D eigenvalue weighted by atomic mass is 16.3. The fraction of sp³-hybridized carbons (Fsp3) is 0.250. The maximum atomic E-state index is 8.74. The van der Waals surface area contributed by atoms with Gasteiger partial charge >= 0.3 is 0 Å². The zero-order valence-electron chi connectivity index (χ0n) is 6.20. The molecule has 1 rings (SSSR count). The van der Waals surface area contributed by atoms with Gasteiger partial charge in [-0.2, -0.15) is 5.26 Å². The molecule has 1 N–H and O–H groups in total. The van der Waals surface area contributed by atoms with Crippen molar-refractivity contribution >= 4 is 0 Å². The zero-order valence-corrected chi connectivity index (χ0v) is 6.20. The van der Waals surface area contributed by atoms with E-state index in [4.69, 9.17) is 10.4 Å². The Labute approximate surface area is 64.9 Å². The molecule has 0 aliphatic carbocycles. The van der Waals surface area contributed by atoms with Crippen molar-refractivity contribution in [1.82, 2.24) is 4.98 Å². The molecule has 0 amide bonds. The second-order valence-electron chi connectivity index (χ2n) is 2.26. The highest BCUT2D eigenvalue weighted by Crippen LogP contribution is 2.05. The Kier molecular flexibility index (Phi) is 2.19. The number of nitrogens with zero attached hydrogens (tertiary/aromatic N) is 2. The highest BCUT2D eigenvalue weighted by Gasteiger charge is 1.98. The number of pyridine rings is 1. The molecule has 3 nitrogen and oxygen atoms in total. The summed E-state index contributed by atoms with van der Waals surface area (Å²) in [7, 11) is 0. The molecule has 0 aliphatic heterocycles. The maximum absolute atomic E-state index is 8.74. The molecule has 0 atom stereocenters. The molecule has 0 aliphatic rings. The topological polar surface area (TPSA) is 56.9 Å². The van der Waals surface area contributed by atoms with Crippen LogP contribution in [-0.2, 0) is 6.61 Å². The Bertz CT molecular complexity index is 301. The number of hydrogen-bond acceptors (Lipinski definition) is 3. The van der Waals surface area contributed by atoms with Gasteiger partial charge in [0.25, 0.3) is 0 Å². The Morgan fingerprint density at radius 3 is 2.91 bits per heavy atom. The predicted octanol–water partition coefficient (Wildman–Crippen LogP) is 0.754. The summed E-state index contributed by atoms with van der Waals surface area (Å²) in [6, 6.07) is 3.68. The Hall–Kier alpha value is -1.40. The summed E-state index contributed by atoms with van der Waals surface area (Å²) in [6.45, 7) is 1.75. The normalized spacial score (nSPS) is 9.18. The number of aromatic nitrogens is 1. The lowest BCUT2D eigenvalue weighted by molar-refractivity contribution is 0.276. The summed E-state index contributed by atoms with van der Waals surface area (Å²) >= 11 is 0. The minimum Gasteiger partial charge on any atom is -0.390 e. The van der Waals surface area contributed by atoms with Gasteiger partial charge in [0, 0.05) is 6.20 Å². The second-order valence-corrected chi connectivity index (χ2v) is 2.26. The van der Waals surface area contributed by atoms with Crippen molar-refractivity contribution in [3.63, 3.8) is 0 Å². The van der Waals surface area contributed by atoms with Gasteiger partial charge in [0.05, 0.1) is 17.9 Å². The summed E-state index contributed by atoms with van der Waals surface area (Å²) < 4.78 is 0. The van der Waals surface area contributed by atoms with Gasteiger partial charge < -0.3 is 5.11 Å². The molecule has 0 fully saturated rings. The molecule has 0 saturated carbocycles. The highest BCUT2D eigenvalue weighted by molar-refractivity contribution is 5.31. The van der Waals surface area contributed by atoms with Crippen LogP contribution in [0.15, 0.2) is 12.3 Å². The summed E-state index contributed by atoms with van der Waals surface area (Å²) in [5.74, 6) is 0. The molecule has 3 heteroatoms. The monoisotopic (exact) mass is 148 g/mol. The lowest BCUT2D eigenvalue weighted by atomic mass is 10.2. The van der Waals surface area contributed by atoms with E-state index < -0.39 is 0 Å². The lowest BCUT2D eigenvalue weighted by Gasteiger charge is -1.99. The van der Waals surface area contributed by atoms with Crippen molar-refractivity contribution in [2.75, 3.05) is 0 Å². The quantitative estimate of drug-likeness (QED) is 0.639. The Balaban J connectivity index is 3.12. The molecule has 0 spiro atoms. The van der Waals surface area contributed by atoms with E-state index in [0.717, 1.165) is 5.56 Å². The van der Waals surface area contributed by atoms with Crippen LogP contribution in [0.1, 0.15) is 16.8 Å². The fourth-order valence-electron chi connectivity index (χ4n) is 0.830. The van der Waals surface area contributed by atoms with Crippen LogP contribution in [0.2, 0.25) is 0 Å². The summed E-state index contributed by atoms with van der Waals surface area (Å²) in [6.07, 6.45) is 1.46. The molecule has 0 aromatic carbocycles. The van der Waals surface area contributed by atoms with Crippen molar-refractivity contribution in [2.45, 2.75) is 13.5 Å². The minimum absolute atomic E-state index is 0.0719. The standard InChI is InChI=1S/C8H8N2O/c1-6-2-7(3-9)4-10-8(6)5-11/h2,4,11H,5H2,1H3. The number of aryl methyl sites for hydroxylation is 1. The van der Waals surface area contributed by atoms with Gasteiger partial charge in [-0.15, -0.1) is 0 Å². The number of aliphatic hydroxyl groups is 1. The van der Waals surface area contributed by atoms with E-state index in [1.54, 1.807) is 6.07 Å². The van der Waals surface area contributed by atoms with Gasteiger partial charge in [-0.3, -0.25) is 4.98 Å². The average molecular weight is 148 g/mol. The first-order valence-corrected chi connectivity index (χ1v) is 3.24. The van der Waals surface area contributed by atoms with Crippen molar-refractivity contribution < 1.29 is 5.11 Å². The summed E-state index contributed by atoms with van der Waals surface area (Å²) in [5.41, 5.74) is 2.01. The van der Waals surface area contributed by atoms with Crippen molar-refractivity contribution in [1.29, 1.82) is 5.26 Å². The minimum atomic E-state index is -0.0719. The largest absolute Gasteiger partial charge is 0.390 e. The fourth-order valence-corrected chi connectivity index (χ4v) is 0.830. The maximum Gasteiger partial charge on any atom is 0.101 e. The van der Waals surface area contributed by atoms with Crippen LogP contribution in [0.25, 0.3) is 0 Å². The van der Waals surface area contributed by atoms with Crippen LogP contribution in [0.4, 0.5) is 0 Å². The SMILES string of the molecule is Cc1cc(C#N)cnc1CO. The number of rotatable bonds is 1. The van der Waals surface area contributed by atoms with Crippen LogP contribution in [-0.4, -0.2) is 10.1 Å². The molecule has 1 heterocycles. The predicted molar refractivity (Wildman–Crippen MR) is 39.6 cm³/mol. The Morgan fingerprint density at radius 1 is 1.73 bits per heavy atom. The molecular formula is C8H8N2O. The Morgan fingerprint density at radius 2 is 2.45 bits per heavy atom. The van der Waals surface area contributed by atoms with Crippen molar-refractivity contribution in [3.05, 3.63) is 29.1 Å². The second kappa shape index (κ2) is 3.13. The zero-order chi connectivity index (χ0) is 8.27. The smallest absolute Gasteiger partial charge is 0.101 e. The number of nitriles is 1. The van der Waals surface area contributed by atoms with E-state index in [9.17, 15) is 0 Å². The van der Waals surface area contributed by atoms with Crippen LogP contribution < -0.4 is 0 Å². The molecule has 1 aromatic rings. The first-order valence-electron chi connectivity index (χ1n) is 3.24. The van der Waals surface area contributed by atoms with Crippen molar-refractivity contribution in [2.24, 2.45) is 0 Å². The van der Waals surface area contributed by atoms with Gasteiger partial charge in [0.15, 0.2) is 0 Å². The molecular weight excluding hydrogens is 140 g/mol. The van der Waals surface area contributed by atoms with E-state index in [-0.39, 0.29) is 6.61 Å². The van der Waals surface area contributed by atoms with E-state index in [2.05, 4.69) is 4.98 Å². The average Bonchev–Trinajstić information content (AvgIpc) is 2.04. The van der Waals surface area contributed by atoms with E-state index >= 15 is 0 Å². The van der Waals surface area contributed by atoms with Gasteiger partial charge in [-0.25, -0.2) is 0 Å². The molecule has 0 radical (unpaired) electrons. The molecule has 0 bridgehead atoms. The summed E-state index contributed by atoms with van der Waals surface area (Å²) in [5, 5.41) is 17.2. The number of hydrogen-bond donors (Lipinski definition) is 1. The van der Waals surface area contributed by atoms with Gasteiger partial charge in [-0.05, 0) is 18.6 Å². The summed E-state index contributed by atoms with van der Waals surface area (Å²) in [4.78, 5) is 3.90. The van der Waals surface area contributed by atoms with Gasteiger partial charge in [-0.1, -0.05) is 0 Å². The third-order valence-corrected chi connectivity index (χ3v) is 1.47. The van der Waals surface area contributed by atoms with E-state index in [0.29, 0.717) is 11.3 Å².